The molecule has 2 nitrogen and oxygen atoms in total. The van der Waals surface area contributed by atoms with Crippen molar-refractivity contribution >= 4 is 15.9 Å². The molecule has 0 heterocycles. The van der Waals surface area contributed by atoms with E-state index in [2.05, 4.69) is 29.8 Å². The minimum absolute atomic E-state index is 0.297. The fourth-order valence-electron chi connectivity index (χ4n) is 3.06. The van der Waals surface area contributed by atoms with Gasteiger partial charge in [-0.2, -0.15) is 0 Å². The second-order valence-electron chi connectivity index (χ2n) is 5.81. The number of rotatable bonds is 2. The van der Waals surface area contributed by atoms with E-state index in [-0.39, 0.29) is 5.54 Å². The van der Waals surface area contributed by atoms with Crippen molar-refractivity contribution < 1.29 is 5.11 Å². The highest BCUT2D eigenvalue weighted by atomic mass is 79.9. The quantitative estimate of drug-likeness (QED) is 0.854. The molecule has 0 bridgehead atoms. The van der Waals surface area contributed by atoms with Crippen molar-refractivity contribution in [2.24, 2.45) is 5.73 Å². The zero-order valence-electron chi connectivity index (χ0n) is 11.4. The van der Waals surface area contributed by atoms with E-state index in [1.165, 1.54) is 0 Å². The summed E-state index contributed by atoms with van der Waals surface area (Å²) in [5.41, 5.74) is 9.22. The lowest BCUT2D eigenvalue weighted by Gasteiger charge is -2.29. The van der Waals surface area contributed by atoms with Gasteiger partial charge >= 0.3 is 0 Å². The maximum Gasteiger partial charge on any atom is 0.124 e. The highest BCUT2D eigenvalue weighted by molar-refractivity contribution is 9.10. The molecule has 0 saturated heterocycles. The molecular formula is C15H22BrNO. The van der Waals surface area contributed by atoms with Crippen LogP contribution in [0.4, 0.5) is 0 Å². The highest BCUT2D eigenvalue weighted by Crippen LogP contribution is 2.46. The van der Waals surface area contributed by atoms with Crippen molar-refractivity contribution in [1.29, 1.82) is 0 Å². The predicted octanol–water partition coefficient (Wildman–Crippen LogP) is 4.31. The number of phenols is 1. The van der Waals surface area contributed by atoms with Gasteiger partial charge in [0.15, 0.2) is 0 Å². The molecule has 100 valence electrons. The number of hydrogen-bond acceptors (Lipinski definition) is 2. The molecule has 0 aromatic heterocycles. The summed E-state index contributed by atoms with van der Waals surface area (Å²) >= 11 is 3.60. The molecule has 2 rings (SSSR count). The number of hydrogen-bond donors (Lipinski definition) is 2. The van der Waals surface area contributed by atoms with Crippen LogP contribution in [0.2, 0.25) is 0 Å². The van der Waals surface area contributed by atoms with Crippen molar-refractivity contribution in [2.45, 2.75) is 57.9 Å². The molecule has 0 spiro atoms. The molecule has 1 aliphatic carbocycles. The molecule has 0 amide bonds. The number of phenolic OH excluding ortho intramolecular Hbond substituents is 1. The Balaban J connectivity index is 2.65. The number of aromatic hydroxyl groups is 1. The molecule has 1 aromatic rings. The van der Waals surface area contributed by atoms with Crippen molar-refractivity contribution in [3.63, 3.8) is 0 Å². The summed E-state index contributed by atoms with van der Waals surface area (Å²) in [5.74, 6) is 0.709. The molecular weight excluding hydrogens is 290 g/mol. The van der Waals surface area contributed by atoms with E-state index in [0.717, 1.165) is 46.8 Å². The van der Waals surface area contributed by atoms with Crippen LogP contribution in [-0.2, 0) is 5.54 Å². The fraction of sp³-hybridized carbons (Fsp3) is 0.600. The summed E-state index contributed by atoms with van der Waals surface area (Å²) < 4.78 is 1.05. The molecule has 0 radical (unpaired) electrons. The normalized spacial score (nSPS) is 18.6. The highest BCUT2D eigenvalue weighted by Gasteiger charge is 2.36. The van der Waals surface area contributed by atoms with E-state index in [0.29, 0.717) is 11.7 Å². The first-order valence-electron chi connectivity index (χ1n) is 6.68. The first kappa shape index (κ1) is 13.9. The topological polar surface area (TPSA) is 46.2 Å². The van der Waals surface area contributed by atoms with E-state index >= 15 is 0 Å². The lowest BCUT2D eigenvalue weighted by atomic mass is 9.83. The molecule has 1 fully saturated rings. The Morgan fingerprint density at radius 1 is 1.33 bits per heavy atom. The van der Waals surface area contributed by atoms with Gasteiger partial charge in [-0.3, -0.25) is 0 Å². The predicted molar refractivity (Wildman–Crippen MR) is 79.0 cm³/mol. The fourth-order valence-corrected chi connectivity index (χ4v) is 3.50. The maximum atomic E-state index is 10.6. The Labute approximate surface area is 118 Å². The third kappa shape index (κ3) is 2.19. The van der Waals surface area contributed by atoms with Gasteiger partial charge in [-0.25, -0.2) is 0 Å². The van der Waals surface area contributed by atoms with Gasteiger partial charge in [0.05, 0.1) is 0 Å². The van der Waals surface area contributed by atoms with Crippen LogP contribution in [0.25, 0.3) is 0 Å². The monoisotopic (exact) mass is 311 g/mol. The Bertz CT molecular complexity index is 462. The van der Waals surface area contributed by atoms with Gasteiger partial charge in [0.1, 0.15) is 5.75 Å². The summed E-state index contributed by atoms with van der Waals surface area (Å²) in [6.45, 7) is 6.23. The lowest BCUT2D eigenvalue weighted by molar-refractivity contribution is 0.401. The van der Waals surface area contributed by atoms with E-state index in [9.17, 15) is 5.11 Å². The van der Waals surface area contributed by atoms with E-state index in [1.807, 2.05) is 13.0 Å². The van der Waals surface area contributed by atoms with Crippen LogP contribution >= 0.6 is 15.9 Å². The van der Waals surface area contributed by atoms with Gasteiger partial charge in [0.2, 0.25) is 0 Å². The smallest absolute Gasteiger partial charge is 0.124 e. The summed E-state index contributed by atoms with van der Waals surface area (Å²) in [4.78, 5) is 0. The molecule has 1 aromatic carbocycles. The van der Waals surface area contributed by atoms with Gasteiger partial charge in [-0.05, 0) is 42.9 Å². The standard InChI is InChI=1S/C15H22BrNO/c1-9(2)11-8-12(16)10(3)13(14(11)18)15(17)6-4-5-7-15/h8-9,18H,4-7,17H2,1-3H3. The third-order valence-corrected chi connectivity index (χ3v) is 4.97. The summed E-state index contributed by atoms with van der Waals surface area (Å²) in [7, 11) is 0. The Morgan fingerprint density at radius 3 is 2.39 bits per heavy atom. The third-order valence-electron chi connectivity index (χ3n) is 4.14. The summed E-state index contributed by atoms with van der Waals surface area (Å²) in [5, 5.41) is 10.6. The molecule has 1 saturated carbocycles. The second-order valence-corrected chi connectivity index (χ2v) is 6.67. The van der Waals surface area contributed by atoms with Crippen LogP contribution in [0.1, 0.15) is 62.1 Å². The average molecular weight is 312 g/mol. The Hall–Kier alpha value is -0.540. The molecule has 1 aliphatic rings. The Morgan fingerprint density at radius 2 is 1.89 bits per heavy atom. The number of halogens is 1. The molecule has 3 N–H and O–H groups in total. The minimum atomic E-state index is -0.346. The molecule has 3 heteroatoms. The van der Waals surface area contributed by atoms with Crippen molar-refractivity contribution in [2.75, 3.05) is 0 Å². The first-order valence-corrected chi connectivity index (χ1v) is 7.47. The van der Waals surface area contributed by atoms with Crippen molar-refractivity contribution in [3.05, 3.63) is 27.2 Å². The number of nitrogens with two attached hydrogens (primary N) is 1. The van der Waals surface area contributed by atoms with Gasteiger partial charge < -0.3 is 10.8 Å². The zero-order valence-corrected chi connectivity index (χ0v) is 13.0. The van der Waals surface area contributed by atoms with Gasteiger partial charge in [0.25, 0.3) is 0 Å². The SMILES string of the molecule is Cc1c(Br)cc(C(C)C)c(O)c1C1(N)CCCC1. The van der Waals surface area contributed by atoms with Crippen molar-refractivity contribution in [1.82, 2.24) is 0 Å². The molecule has 0 aliphatic heterocycles. The van der Waals surface area contributed by atoms with E-state index in [4.69, 9.17) is 5.73 Å². The van der Waals surface area contributed by atoms with Crippen molar-refractivity contribution in [3.8, 4) is 5.75 Å². The zero-order chi connectivity index (χ0) is 13.5. The van der Waals surface area contributed by atoms with Crippen LogP contribution in [0, 0.1) is 6.92 Å². The van der Waals surface area contributed by atoms with Crippen LogP contribution in [-0.4, -0.2) is 5.11 Å². The van der Waals surface area contributed by atoms with E-state index in [1.54, 1.807) is 0 Å². The molecule has 0 atom stereocenters. The minimum Gasteiger partial charge on any atom is -0.507 e. The Kier molecular flexibility index (Phi) is 3.75. The average Bonchev–Trinajstić information content (AvgIpc) is 2.71. The number of benzene rings is 1. The second kappa shape index (κ2) is 4.86. The van der Waals surface area contributed by atoms with Crippen LogP contribution in [0.5, 0.6) is 5.75 Å². The summed E-state index contributed by atoms with van der Waals surface area (Å²) in [6, 6.07) is 2.02. The van der Waals surface area contributed by atoms with Crippen LogP contribution < -0.4 is 5.73 Å². The van der Waals surface area contributed by atoms with Gasteiger partial charge in [0, 0.05) is 15.6 Å². The lowest BCUT2D eigenvalue weighted by Crippen LogP contribution is -2.34. The van der Waals surface area contributed by atoms with Crippen LogP contribution in [0.15, 0.2) is 10.5 Å². The van der Waals surface area contributed by atoms with Gasteiger partial charge in [-0.15, -0.1) is 0 Å². The summed E-state index contributed by atoms with van der Waals surface area (Å²) in [6.07, 6.45) is 4.24. The molecule has 0 unspecified atom stereocenters. The van der Waals surface area contributed by atoms with Gasteiger partial charge in [-0.1, -0.05) is 42.6 Å². The van der Waals surface area contributed by atoms with E-state index < -0.39 is 0 Å². The molecule has 18 heavy (non-hydrogen) atoms. The first-order chi connectivity index (χ1) is 8.37. The largest absolute Gasteiger partial charge is 0.507 e. The van der Waals surface area contributed by atoms with Crippen LogP contribution in [0.3, 0.4) is 0 Å². The maximum absolute atomic E-state index is 10.6.